The number of esters is 3. The first-order valence-electron chi connectivity index (χ1n) is 34.4. The third-order valence-corrected chi connectivity index (χ3v) is 14.8. The quantitative estimate of drug-likeness (QED) is 0.0261. The summed E-state index contributed by atoms with van der Waals surface area (Å²) < 4.78 is 16.9. The van der Waals surface area contributed by atoms with Gasteiger partial charge in [0.05, 0.1) is 0 Å². The highest BCUT2D eigenvalue weighted by molar-refractivity contribution is 5.71. The van der Waals surface area contributed by atoms with Gasteiger partial charge in [0, 0.05) is 19.3 Å². The Hall–Kier alpha value is -3.93. The van der Waals surface area contributed by atoms with Gasteiger partial charge in [0.2, 0.25) is 0 Å². The number of carbonyl (C=O) groups excluding carboxylic acids is 3. The number of ether oxygens (including phenoxy) is 3. The summed E-state index contributed by atoms with van der Waals surface area (Å²) in [5.41, 5.74) is 0. The Bertz CT molecular complexity index is 1620. The molecule has 0 heterocycles. The molecule has 0 amide bonds. The van der Waals surface area contributed by atoms with Crippen LogP contribution in [0.5, 0.6) is 0 Å². The summed E-state index contributed by atoms with van der Waals surface area (Å²) in [6, 6.07) is 0. The number of rotatable bonds is 62. The van der Waals surface area contributed by atoms with Crippen LogP contribution in [0, 0.1) is 0 Å². The maximum Gasteiger partial charge on any atom is 0.306 e. The molecule has 0 aliphatic rings. The van der Waals surface area contributed by atoms with Crippen molar-refractivity contribution in [3.8, 4) is 0 Å². The molecule has 0 aliphatic carbocycles. The molecule has 0 fully saturated rings. The summed E-state index contributed by atoms with van der Waals surface area (Å²) in [6.45, 7) is 6.49. The van der Waals surface area contributed by atoms with Crippen LogP contribution < -0.4 is 0 Å². The fourth-order valence-corrected chi connectivity index (χ4v) is 9.65. The van der Waals surface area contributed by atoms with Crippen LogP contribution in [0.25, 0.3) is 0 Å². The summed E-state index contributed by atoms with van der Waals surface area (Å²) in [5.74, 6) is -0.980. The number of carbonyl (C=O) groups is 3. The molecule has 0 bridgehead atoms. The van der Waals surface area contributed by atoms with E-state index in [2.05, 4.69) is 124 Å². The Kier molecular flexibility index (Phi) is 65.2. The van der Waals surface area contributed by atoms with Crippen molar-refractivity contribution in [2.75, 3.05) is 13.2 Å². The van der Waals surface area contributed by atoms with Gasteiger partial charge < -0.3 is 14.2 Å². The van der Waals surface area contributed by atoms with E-state index in [9.17, 15) is 14.4 Å². The van der Waals surface area contributed by atoms with Gasteiger partial charge in [0.1, 0.15) is 13.2 Å². The topological polar surface area (TPSA) is 78.9 Å². The zero-order valence-corrected chi connectivity index (χ0v) is 53.3. The molecule has 464 valence electrons. The monoisotopic (exact) mass is 1120 g/mol. The molecule has 0 rings (SSSR count). The Labute approximate surface area is 501 Å². The molecule has 0 saturated heterocycles. The molecular formula is C75H128O6. The third kappa shape index (κ3) is 66.8. The van der Waals surface area contributed by atoms with Gasteiger partial charge in [0.15, 0.2) is 6.10 Å². The molecule has 81 heavy (non-hydrogen) atoms. The van der Waals surface area contributed by atoms with Gasteiger partial charge in [-0.3, -0.25) is 14.4 Å². The SMILES string of the molecule is CC/C=C\C/C=C\C/C=C\C/C=C\C/C=C\C/C=C\CCC(=O)OC(COC(=O)CCCCCCCCCCCCCC/C=C\C/C=C\C/C=C\CCCCCCC)COC(=O)CCCCCCCCCCCCCCCCCCC. The minimum Gasteiger partial charge on any atom is -0.462 e. The predicted octanol–water partition coefficient (Wildman–Crippen LogP) is 23.8. The van der Waals surface area contributed by atoms with Crippen LogP contribution in [0.3, 0.4) is 0 Å². The fraction of sp³-hybridized carbons (Fsp3) is 0.720. The van der Waals surface area contributed by atoms with E-state index in [1.54, 1.807) is 0 Å². The molecular weight excluding hydrogens is 997 g/mol. The highest BCUT2D eigenvalue weighted by atomic mass is 16.6. The summed E-state index contributed by atoms with van der Waals surface area (Å²) in [6.07, 6.45) is 94.0. The Morgan fingerprint density at radius 3 is 0.802 bits per heavy atom. The van der Waals surface area contributed by atoms with Crippen LogP contribution >= 0.6 is 0 Å². The number of unbranched alkanes of at least 4 members (excludes halogenated alkanes) is 33. The van der Waals surface area contributed by atoms with E-state index >= 15 is 0 Å². The second kappa shape index (κ2) is 68.6. The number of hydrogen-bond donors (Lipinski definition) is 0. The molecule has 0 N–H and O–H groups in total. The molecule has 0 aromatic rings. The summed E-state index contributed by atoms with van der Waals surface area (Å²) in [4.78, 5) is 38.4. The first kappa shape index (κ1) is 77.1. The van der Waals surface area contributed by atoms with E-state index in [1.165, 1.54) is 193 Å². The van der Waals surface area contributed by atoms with Crippen LogP contribution in [-0.2, 0) is 28.6 Å². The molecule has 1 unspecified atom stereocenters. The Morgan fingerprint density at radius 2 is 0.506 bits per heavy atom. The molecule has 0 spiro atoms. The van der Waals surface area contributed by atoms with Crippen molar-refractivity contribution >= 4 is 17.9 Å². The van der Waals surface area contributed by atoms with Gasteiger partial charge in [-0.25, -0.2) is 0 Å². The molecule has 0 saturated carbocycles. The van der Waals surface area contributed by atoms with Gasteiger partial charge in [-0.1, -0.05) is 323 Å². The molecule has 0 aliphatic heterocycles. The van der Waals surface area contributed by atoms with Gasteiger partial charge in [0.25, 0.3) is 0 Å². The van der Waals surface area contributed by atoms with E-state index < -0.39 is 6.10 Å². The lowest BCUT2D eigenvalue weighted by molar-refractivity contribution is -0.166. The molecule has 0 radical (unpaired) electrons. The predicted molar refractivity (Wildman–Crippen MR) is 353 cm³/mol. The average Bonchev–Trinajstić information content (AvgIpc) is 3.47. The summed E-state index contributed by atoms with van der Waals surface area (Å²) >= 11 is 0. The number of allylic oxidation sites excluding steroid dienone is 18. The molecule has 1 atom stereocenters. The zero-order chi connectivity index (χ0) is 58.5. The zero-order valence-electron chi connectivity index (χ0n) is 53.3. The van der Waals surface area contributed by atoms with Gasteiger partial charge >= 0.3 is 17.9 Å². The van der Waals surface area contributed by atoms with Crippen molar-refractivity contribution in [2.45, 2.75) is 335 Å². The maximum atomic E-state index is 12.9. The molecule has 0 aromatic carbocycles. The minimum atomic E-state index is -0.821. The van der Waals surface area contributed by atoms with Crippen LogP contribution in [0.1, 0.15) is 329 Å². The van der Waals surface area contributed by atoms with Crippen molar-refractivity contribution < 1.29 is 28.6 Å². The first-order valence-corrected chi connectivity index (χ1v) is 34.4. The van der Waals surface area contributed by atoms with Crippen LogP contribution in [-0.4, -0.2) is 37.2 Å². The second-order valence-electron chi connectivity index (χ2n) is 22.7. The van der Waals surface area contributed by atoms with E-state index in [4.69, 9.17) is 14.2 Å². The third-order valence-electron chi connectivity index (χ3n) is 14.8. The van der Waals surface area contributed by atoms with Crippen LogP contribution in [0.2, 0.25) is 0 Å². The van der Waals surface area contributed by atoms with Gasteiger partial charge in [-0.05, 0) is 96.3 Å². The lowest BCUT2D eigenvalue weighted by Gasteiger charge is -2.18. The Balaban J connectivity index is 4.41. The standard InChI is InChI=1S/C75H128O6/c1-4-7-10-13-16-19-22-25-28-31-33-34-35-36-37-38-39-40-42-44-47-50-53-56-59-62-65-68-74(77)80-71-72(70-79-73(76)67-64-61-58-55-52-49-46-43-30-27-24-21-18-15-12-9-6-3)81-75(78)69-66-63-60-57-54-51-48-45-41-32-29-26-23-20-17-14-11-8-5-2/h8,11,17,20,22,25-26,29,31,33,35-36,41,45,51,54,60,63,72H,4-7,9-10,12-16,18-19,21,23-24,27-28,30,32,34,37-40,42-44,46-50,52-53,55-59,61-62,64-71H2,1-3H3/b11-8-,20-17-,25-22-,29-26-,33-31-,36-35-,45-41-,54-51-,63-60-. The van der Waals surface area contributed by atoms with Crippen molar-refractivity contribution in [2.24, 2.45) is 0 Å². The van der Waals surface area contributed by atoms with E-state index in [0.717, 1.165) is 89.9 Å². The maximum absolute atomic E-state index is 12.9. The van der Waals surface area contributed by atoms with Crippen molar-refractivity contribution in [1.29, 1.82) is 0 Å². The first-order chi connectivity index (χ1) is 40.0. The smallest absolute Gasteiger partial charge is 0.306 e. The van der Waals surface area contributed by atoms with Crippen molar-refractivity contribution in [3.05, 3.63) is 109 Å². The highest BCUT2D eigenvalue weighted by Crippen LogP contribution is 2.17. The fourth-order valence-electron chi connectivity index (χ4n) is 9.65. The van der Waals surface area contributed by atoms with Gasteiger partial charge in [-0.2, -0.15) is 0 Å². The summed E-state index contributed by atoms with van der Waals surface area (Å²) in [5, 5.41) is 0. The van der Waals surface area contributed by atoms with Crippen LogP contribution in [0.4, 0.5) is 0 Å². The Morgan fingerprint density at radius 1 is 0.259 bits per heavy atom. The summed E-state index contributed by atoms with van der Waals surface area (Å²) in [7, 11) is 0. The highest BCUT2D eigenvalue weighted by Gasteiger charge is 2.19. The van der Waals surface area contributed by atoms with E-state index in [0.29, 0.717) is 19.3 Å². The van der Waals surface area contributed by atoms with Crippen molar-refractivity contribution in [1.82, 2.24) is 0 Å². The van der Waals surface area contributed by atoms with Crippen LogP contribution in [0.15, 0.2) is 109 Å². The van der Waals surface area contributed by atoms with Gasteiger partial charge in [-0.15, -0.1) is 0 Å². The average molecular weight is 1130 g/mol. The lowest BCUT2D eigenvalue weighted by atomic mass is 10.0. The molecule has 6 nitrogen and oxygen atoms in total. The van der Waals surface area contributed by atoms with E-state index in [-0.39, 0.29) is 37.5 Å². The minimum absolute atomic E-state index is 0.107. The lowest BCUT2D eigenvalue weighted by Crippen LogP contribution is -2.30. The normalized spacial score (nSPS) is 12.8. The molecule has 6 heteroatoms. The van der Waals surface area contributed by atoms with Crippen molar-refractivity contribution in [3.63, 3.8) is 0 Å². The number of hydrogen-bond acceptors (Lipinski definition) is 6. The largest absolute Gasteiger partial charge is 0.462 e. The second-order valence-corrected chi connectivity index (χ2v) is 22.7. The molecule has 0 aromatic heterocycles. The van der Waals surface area contributed by atoms with E-state index in [1.807, 2.05) is 6.08 Å².